The molecule has 0 saturated carbocycles. The van der Waals surface area contributed by atoms with Crippen molar-refractivity contribution >= 4 is 11.7 Å². The van der Waals surface area contributed by atoms with Crippen LogP contribution < -0.4 is 15.8 Å². The lowest BCUT2D eigenvalue weighted by atomic mass is 10.1. The minimum Gasteiger partial charge on any atom is -0.491 e. The zero-order valence-electron chi connectivity index (χ0n) is 15.4. The van der Waals surface area contributed by atoms with Crippen LogP contribution in [-0.2, 0) is 6.54 Å². The van der Waals surface area contributed by atoms with Gasteiger partial charge in [-0.25, -0.2) is 9.37 Å². The van der Waals surface area contributed by atoms with E-state index in [1.54, 1.807) is 37.3 Å². The van der Waals surface area contributed by atoms with Crippen molar-refractivity contribution in [1.29, 1.82) is 0 Å². The predicted molar refractivity (Wildman–Crippen MR) is 104 cm³/mol. The third-order valence-corrected chi connectivity index (χ3v) is 4.01. The molecule has 1 aromatic heterocycles. The second-order valence-corrected chi connectivity index (χ2v) is 6.16. The van der Waals surface area contributed by atoms with Crippen LogP contribution >= 0.6 is 0 Å². The van der Waals surface area contributed by atoms with Crippen molar-refractivity contribution in [3.8, 4) is 18.1 Å². The van der Waals surface area contributed by atoms with E-state index in [2.05, 4.69) is 16.2 Å². The highest BCUT2D eigenvalue weighted by atomic mass is 19.1. The second kappa shape index (κ2) is 10.2. The van der Waals surface area contributed by atoms with Crippen LogP contribution in [-0.4, -0.2) is 17.5 Å². The highest BCUT2D eigenvalue weighted by molar-refractivity contribution is 5.98. The number of terminal acetylenes is 1. The molecule has 27 heavy (non-hydrogen) atoms. The van der Waals surface area contributed by atoms with Crippen molar-refractivity contribution in [2.45, 2.75) is 39.2 Å². The van der Waals surface area contributed by atoms with Crippen LogP contribution in [0.2, 0.25) is 0 Å². The van der Waals surface area contributed by atoms with Crippen LogP contribution in [0.5, 0.6) is 5.75 Å². The molecule has 2 aromatic rings. The van der Waals surface area contributed by atoms with Gasteiger partial charge in [0.1, 0.15) is 5.82 Å². The van der Waals surface area contributed by atoms with Gasteiger partial charge in [-0.1, -0.05) is 12.1 Å². The zero-order valence-corrected chi connectivity index (χ0v) is 15.4. The molecule has 0 aliphatic rings. The maximum Gasteiger partial charge on any atom is 0.255 e. The average Bonchev–Trinajstić information content (AvgIpc) is 2.64. The number of anilines is 1. The molecule has 0 bridgehead atoms. The first-order chi connectivity index (χ1) is 13.0. The number of ether oxygens (including phenoxy) is 1. The largest absolute Gasteiger partial charge is 0.491 e. The van der Waals surface area contributed by atoms with E-state index in [1.807, 2.05) is 0 Å². The molecule has 0 spiro atoms. The zero-order chi connectivity index (χ0) is 19.6. The number of aryl methyl sites for hydroxylation is 1. The molecule has 142 valence electrons. The second-order valence-electron chi connectivity index (χ2n) is 6.16. The number of halogens is 1. The first kappa shape index (κ1) is 20.2. The number of nitrogens with two attached hydrogens (primary N) is 1. The number of hydrogen-bond donors (Lipinski definition) is 2. The summed E-state index contributed by atoms with van der Waals surface area (Å²) in [5, 5.41) is 2.66. The van der Waals surface area contributed by atoms with Gasteiger partial charge in [0.15, 0.2) is 11.6 Å². The smallest absolute Gasteiger partial charge is 0.255 e. The fourth-order valence-corrected chi connectivity index (χ4v) is 2.53. The van der Waals surface area contributed by atoms with Crippen LogP contribution in [0.1, 0.15) is 47.3 Å². The van der Waals surface area contributed by atoms with Gasteiger partial charge in [-0.2, -0.15) is 0 Å². The molecule has 0 unspecified atom stereocenters. The van der Waals surface area contributed by atoms with E-state index < -0.39 is 11.7 Å². The van der Waals surface area contributed by atoms with E-state index >= 15 is 0 Å². The molecule has 5 nitrogen and oxygen atoms in total. The summed E-state index contributed by atoms with van der Waals surface area (Å²) in [6.07, 6.45) is 8.62. The number of nitrogens with zero attached hydrogens (tertiary/aromatic N) is 1. The van der Waals surface area contributed by atoms with Crippen molar-refractivity contribution in [2.24, 2.45) is 0 Å². The quantitative estimate of drug-likeness (QED) is 0.523. The molecular formula is C21H24FN3O2. The van der Waals surface area contributed by atoms with Crippen molar-refractivity contribution in [3.05, 3.63) is 53.0 Å². The average molecular weight is 369 g/mol. The minimum atomic E-state index is -0.476. The van der Waals surface area contributed by atoms with Gasteiger partial charge in [-0.15, -0.1) is 12.3 Å². The number of unbranched alkanes of at least 4 members (excludes halogenated alkanes) is 3. The molecule has 1 amide bonds. The molecule has 3 N–H and O–H groups in total. The van der Waals surface area contributed by atoms with Crippen molar-refractivity contribution in [3.63, 3.8) is 0 Å². The summed E-state index contributed by atoms with van der Waals surface area (Å²) in [4.78, 5) is 16.3. The third kappa shape index (κ3) is 6.00. The normalized spacial score (nSPS) is 10.3. The van der Waals surface area contributed by atoms with Gasteiger partial charge in [0.25, 0.3) is 5.91 Å². The fraction of sp³-hybridized carbons (Fsp3) is 0.333. The Balaban J connectivity index is 1.91. The molecule has 0 saturated heterocycles. The van der Waals surface area contributed by atoms with Crippen LogP contribution in [0, 0.1) is 25.1 Å². The van der Waals surface area contributed by atoms with Gasteiger partial charge >= 0.3 is 0 Å². The number of benzene rings is 1. The Hall–Kier alpha value is -3.07. The number of hydrogen-bond acceptors (Lipinski definition) is 4. The van der Waals surface area contributed by atoms with Gasteiger partial charge in [0, 0.05) is 24.2 Å². The van der Waals surface area contributed by atoms with Gasteiger partial charge < -0.3 is 15.8 Å². The first-order valence-electron chi connectivity index (χ1n) is 8.88. The summed E-state index contributed by atoms with van der Waals surface area (Å²) in [5.74, 6) is 2.03. The van der Waals surface area contributed by atoms with Crippen molar-refractivity contribution in [1.82, 2.24) is 10.3 Å². The molecule has 0 aliphatic heterocycles. The van der Waals surface area contributed by atoms with E-state index in [0.717, 1.165) is 31.4 Å². The van der Waals surface area contributed by atoms with E-state index in [4.69, 9.17) is 16.9 Å². The lowest BCUT2D eigenvalue weighted by Crippen LogP contribution is -2.24. The maximum absolute atomic E-state index is 14.5. The predicted octanol–water partition coefficient (Wildman–Crippen LogP) is 3.61. The van der Waals surface area contributed by atoms with Crippen LogP contribution in [0.25, 0.3) is 0 Å². The molecule has 0 atom stereocenters. The molecule has 2 rings (SSSR count). The summed E-state index contributed by atoms with van der Waals surface area (Å²) in [7, 11) is 0. The Bertz CT molecular complexity index is 831. The van der Waals surface area contributed by atoms with E-state index in [1.165, 1.54) is 0 Å². The molecule has 0 radical (unpaired) electrons. The van der Waals surface area contributed by atoms with Gasteiger partial charge in [0.05, 0.1) is 12.2 Å². The van der Waals surface area contributed by atoms with Crippen molar-refractivity contribution < 1.29 is 13.9 Å². The highest BCUT2D eigenvalue weighted by Gasteiger charge is 2.13. The van der Waals surface area contributed by atoms with E-state index in [0.29, 0.717) is 12.2 Å². The van der Waals surface area contributed by atoms with Gasteiger partial charge in [-0.3, -0.25) is 4.79 Å². The lowest BCUT2D eigenvalue weighted by Gasteiger charge is -2.11. The topological polar surface area (TPSA) is 77.2 Å². The summed E-state index contributed by atoms with van der Waals surface area (Å²) in [6.45, 7) is 2.23. The third-order valence-electron chi connectivity index (χ3n) is 4.01. The summed E-state index contributed by atoms with van der Waals surface area (Å²) < 4.78 is 20.1. The summed E-state index contributed by atoms with van der Waals surface area (Å²) >= 11 is 0. The SMILES string of the molecule is C#CCCCCCOc1cccc(CNC(=O)c2ccc(C)nc2N)c1F. The van der Waals surface area contributed by atoms with Crippen LogP contribution in [0.4, 0.5) is 10.2 Å². The Morgan fingerprint density at radius 2 is 2.11 bits per heavy atom. The number of rotatable bonds is 9. The standard InChI is InChI=1S/C21H24FN3O2/c1-3-4-5-6-7-13-27-18-10-8-9-16(19(18)22)14-24-21(26)17-12-11-15(2)25-20(17)23/h1,8-12H,4-7,13-14H2,2H3,(H2,23,25)(H,24,26). The minimum absolute atomic E-state index is 0.0252. The summed E-state index contributed by atoms with van der Waals surface area (Å²) in [5.41, 5.74) is 7.09. The first-order valence-corrected chi connectivity index (χ1v) is 8.88. The Morgan fingerprint density at radius 1 is 1.30 bits per heavy atom. The molecule has 6 heteroatoms. The lowest BCUT2D eigenvalue weighted by molar-refractivity contribution is 0.0951. The number of pyridine rings is 1. The van der Waals surface area contributed by atoms with Gasteiger partial charge in [-0.05, 0) is 44.4 Å². The number of aromatic nitrogens is 1. The molecule has 1 aromatic carbocycles. The van der Waals surface area contributed by atoms with Crippen LogP contribution in [0.15, 0.2) is 30.3 Å². The molecule has 1 heterocycles. The number of nitrogen functional groups attached to an aromatic ring is 1. The molecule has 0 aliphatic carbocycles. The number of nitrogens with one attached hydrogen (secondary N) is 1. The van der Waals surface area contributed by atoms with Gasteiger partial charge in [0.2, 0.25) is 0 Å². The number of carbonyl (C=O) groups excluding carboxylic acids is 1. The van der Waals surface area contributed by atoms with Crippen LogP contribution in [0.3, 0.4) is 0 Å². The highest BCUT2D eigenvalue weighted by Crippen LogP contribution is 2.21. The van der Waals surface area contributed by atoms with Crippen molar-refractivity contribution in [2.75, 3.05) is 12.3 Å². The fourth-order valence-electron chi connectivity index (χ4n) is 2.53. The van der Waals surface area contributed by atoms with E-state index in [9.17, 15) is 9.18 Å². The van der Waals surface area contributed by atoms with E-state index in [-0.39, 0.29) is 23.7 Å². The molecular weight excluding hydrogens is 345 g/mol. The Morgan fingerprint density at radius 3 is 2.85 bits per heavy atom. The Kier molecular flexibility index (Phi) is 7.63. The summed E-state index contributed by atoms with van der Waals surface area (Å²) in [6, 6.07) is 8.17. The number of carbonyl (C=O) groups is 1. The Labute approximate surface area is 159 Å². The molecule has 0 fully saturated rings. The number of amides is 1. The maximum atomic E-state index is 14.5. The monoisotopic (exact) mass is 369 g/mol.